The molecule has 4 unspecified atom stereocenters. The first-order valence-corrected chi connectivity index (χ1v) is 7.80. The Morgan fingerprint density at radius 3 is 2.26 bits per heavy atom. The molecule has 0 aromatic carbocycles. The van der Waals surface area contributed by atoms with Gasteiger partial charge in [0.05, 0.1) is 18.8 Å². The molecule has 138 valence electrons. The van der Waals surface area contributed by atoms with Crippen LogP contribution in [0.5, 0.6) is 0 Å². The van der Waals surface area contributed by atoms with Crippen LogP contribution in [0.1, 0.15) is 25.7 Å². The Morgan fingerprint density at radius 2 is 1.65 bits per heavy atom. The summed E-state index contributed by atoms with van der Waals surface area (Å²) in [7, 11) is 0. The number of ether oxygens (including phenoxy) is 1. The van der Waals surface area contributed by atoms with Crippen LogP contribution < -0.4 is 0 Å². The van der Waals surface area contributed by atoms with Crippen LogP contribution in [0.3, 0.4) is 0 Å². The average Bonchev–Trinajstić information content (AvgIpc) is 2.46. The fourth-order valence-corrected chi connectivity index (χ4v) is 2.70. The lowest BCUT2D eigenvalue weighted by Gasteiger charge is -2.43. The molecule has 1 aliphatic heterocycles. The van der Waals surface area contributed by atoms with Gasteiger partial charge in [0.25, 0.3) is 0 Å². The van der Waals surface area contributed by atoms with Gasteiger partial charge in [0.15, 0.2) is 0 Å². The number of halogens is 3. The van der Waals surface area contributed by atoms with E-state index in [-0.39, 0.29) is 19.8 Å². The van der Waals surface area contributed by atoms with Crippen molar-refractivity contribution < 1.29 is 38.3 Å². The lowest BCUT2D eigenvalue weighted by molar-refractivity contribution is -0.174. The predicted octanol–water partition coefficient (Wildman–Crippen LogP) is -0.115. The van der Waals surface area contributed by atoms with E-state index in [9.17, 15) is 33.6 Å². The van der Waals surface area contributed by atoms with Crippen LogP contribution in [-0.4, -0.2) is 88.8 Å². The van der Waals surface area contributed by atoms with E-state index in [2.05, 4.69) is 4.74 Å². The lowest BCUT2D eigenvalue weighted by Crippen LogP contribution is -2.62. The summed E-state index contributed by atoms with van der Waals surface area (Å²) in [6.45, 7) is -0.799. The summed E-state index contributed by atoms with van der Waals surface area (Å²) in [6, 6.07) is -0.622. The number of unbranched alkanes of at least 4 members (excludes halogenated alkanes) is 3. The third-order valence-electron chi connectivity index (χ3n) is 3.97. The van der Waals surface area contributed by atoms with Crippen molar-refractivity contribution in [2.24, 2.45) is 0 Å². The summed E-state index contributed by atoms with van der Waals surface area (Å²) < 4.78 is 40.0. The molecular weight excluding hydrogens is 319 g/mol. The molecule has 1 saturated heterocycles. The van der Waals surface area contributed by atoms with Gasteiger partial charge in [0.1, 0.15) is 18.8 Å². The van der Waals surface area contributed by atoms with Gasteiger partial charge in [-0.2, -0.15) is 13.2 Å². The smallest absolute Gasteiger partial charge is 0.395 e. The molecule has 0 radical (unpaired) electrons. The van der Waals surface area contributed by atoms with E-state index in [1.165, 1.54) is 0 Å². The number of likely N-dealkylation sites (tertiary alicyclic amines) is 1. The predicted molar refractivity (Wildman–Crippen MR) is 75.8 cm³/mol. The maximum Gasteiger partial charge on any atom is 0.411 e. The van der Waals surface area contributed by atoms with Crippen molar-refractivity contribution in [2.75, 3.05) is 32.9 Å². The van der Waals surface area contributed by atoms with Crippen molar-refractivity contribution in [3.05, 3.63) is 0 Å². The lowest BCUT2D eigenvalue weighted by atomic mass is 9.94. The maximum atomic E-state index is 11.8. The fourth-order valence-electron chi connectivity index (χ4n) is 2.70. The SMILES string of the molecule is OCC1C(O)C(O)C(O)CN1CCCCCCOCC(F)(F)F. The van der Waals surface area contributed by atoms with E-state index in [0.717, 1.165) is 6.42 Å². The van der Waals surface area contributed by atoms with Gasteiger partial charge in [0, 0.05) is 13.2 Å². The number of β-amino-alcohol motifs (C(OH)–C–C–N with tert-alkyl or cyclic N) is 1. The Morgan fingerprint density at radius 1 is 1.00 bits per heavy atom. The Labute approximate surface area is 133 Å². The fraction of sp³-hybridized carbons (Fsp3) is 1.00. The van der Waals surface area contributed by atoms with E-state index in [0.29, 0.717) is 25.8 Å². The van der Waals surface area contributed by atoms with Gasteiger partial charge >= 0.3 is 6.18 Å². The van der Waals surface area contributed by atoms with Crippen molar-refractivity contribution in [3.8, 4) is 0 Å². The third kappa shape index (κ3) is 7.32. The van der Waals surface area contributed by atoms with Crippen LogP contribution >= 0.6 is 0 Å². The van der Waals surface area contributed by atoms with Gasteiger partial charge in [-0.1, -0.05) is 12.8 Å². The molecule has 0 amide bonds. The summed E-state index contributed by atoms with van der Waals surface area (Å²) >= 11 is 0. The average molecular weight is 345 g/mol. The summed E-state index contributed by atoms with van der Waals surface area (Å²) in [5.74, 6) is 0. The number of nitrogens with zero attached hydrogens (tertiary/aromatic N) is 1. The molecule has 0 aromatic rings. The highest BCUT2D eigenvalue weighted by Gasteiger charge is 2.40. The van der Waals surface area contributed by atoms with Gasteiger partial charge < -0.3 is 25.2 Å². The Kier molecular flexibility index (Phi) is 8.73. The van der Waals surface area contributed by atoms with Crippen LogP contribution in [0.25, 0.3) is 0 Å². The number of aliphatic hydroxyl groups excluding tert-OH is 4. The normalized spacial score (nSPS) is 29.9. The number of aliphatic hydroxyl groups is 4. The quantitative estimate of drug-likeness (QED) is 0.436. The molecule has 0 aliphatic carbocycles. The zero-order valence-electron chi connectivity index (χ0n) is 13.0. The molecular formula is C14H26F3NO5. The second-order valence-corrected chi connectivity index (χ2v) is 5.88. The van der Waals surface area contributed by atoms with Crippen molar-refractivity contribution in [2.45, 2.75) is 56.2 Å². The van der Waals surface area contributed by atoms with Crippen LogP contribution in [0.2, 0.25) is 0 Å². The van der Waals surface area contributed by atoms with Gasteiger partial charge in [0.2, 0.25) is 0 Å². The molecule has 0 aromatic heterocycles. The molecule has 1 heterocycles. The second-order valence-electron chi connectivity index (χ2n) is 5.88. The highest BCUT2D eigenvalue weighted by atomic mass is 19.4. The minimum Gasteiger partial charge on any atom is -0.395 e. The summed E-state index contributed by atoms with van der Waals surface area (Å²) in [5.41, 5.74) is 0. The van der Waals surface area contributed by atoms with Gasteiger partial charge in [-0.25, -0.2) is 0 Å². The first-order chi connectivity index (χ1) is 10.8. The number of rotatable bonds is 9. The number of hydrogen-bond acceptors (Lipinski definition) is 6. The molecule has 23 heavy (non-hydrogen) atoms. The van der Waals surface area contributed by atoms with E-state index in [4.69, 9.17) is 0 Å². The Bertz CT molecular complexity index is 332. The van der Waals surface area contributed by atoms with Gasteiger partial charge in [-0.05, 0) is 19.4 Å². The maximum absolute atomic E-state index is 11.8. The largest absolute Gasteiger partial charge is 0.411 e. The second kappa shape index (κ2) is 9.75. The van der Waals surface area contributed by atoms with E-state index >= 15 is 0 Å². The number of alkyl halides is 3. The van der Waals surface area contributed by atoms with Crippen molar-refractivity contribution in [3.63, 3.8) is 0 Å². The molecule has 4 atom stereocenters. The zero-order chi connectivity index (χ0) is 17.5. The van der Waals surface area contributed by atoms with Crippen LogP contribution in [0, 0.1) is 0 Å². The minimum atomic E-state index is -4.29. The zero-order valence-corrected chi connectivity index (χ0v) is 13.0. The highest BCUT2D eigenvalue weighted by Crippen LogP contribution is 2.20. The summed E-state index contributed by atoms with van der Waals surface area (Å²) in [6.07, 6.45) is -5.12. The van der Waals surface area contributed by atoms with Crippen LogP contribution in [0.4, 0.5) is 13.2 Å². The first-order valence-electron chi connectivity index (χ1n) is 7.80. The highest BCUT2D eigenvalue weighted by molar-refractivity contribution is 4.93. The van der Waals surface area contributed by atoms with Crippen molar-refractivity contribution >= 4 is 0 Å². The molecule has 1 fully saturated rings. The molecule has 1 aliphatic rings. The van der Waals surface area contributed by atoms with E-state index < -0.39 is 37.1 Å². The van der Waals surface area contributed by atoms with E-state index in [1.54, 1.807) is 4.90 Å². The summed E-state index contributed by atoms with van der Waals surface area (Å²) in [4.78, 5) is 1.72. The molecule has 6 nitrogen and oxygen atoms in total. The standard InChI is InChI=1S/C14H26F3NO5/c15-14(16,17)9-23-6-4-2-1-3-5-18-7-11(20)13(22)12(21)10(18)8-19/h10-13,19-22H,1-9H2. The van der Waals surface area contributed by atoms with Crippen LogP contribution in [0.15, 0.2) is 0 Å². The van der Waals surface area contributed by atoms with Gasteiger partial charge in [-0.15, -0.1) is 0 Å². The summed E-state index contributed by atoms with van der Waals surface area (Å²) in [5, 5.41) is 38.4. The molecule has 4 N–H and O–H groups in total. The number of hydrogen-bond donors (Lipinski definition) is 4. The molecule has 9 heteroatoms. The molecule has 0 spiro atoms. The first kappa shape index (κ1) is 20.6. The monoisotopic (exact) mass is 345 g/mol. The van der Waals surface area contributed by atoms with Gasteiger partial charge in [-0.3, -0.25) is 4.90 Å². The minimum absolute atomic E-state index is 0.0616. The Balaban J connectivity index is 2.15. The van der Waals surface area contributed by atoms with Crippen molar-refractivity contribution in [1.82, 2.24) is 4.90 Å². The van der Waals surface area contributed by atoms with E-state index in [1.807, 2.05) is 0 Å². The molecule has 1 rings (SSSR count). The third-order valence-corrected chi connectivity index (χ3v) is 3.97. The Hall–Kier alpha value is -0.450. The van der Waals surface area contributed by atoms with Crippen molar-refractivity contribution in [1.29, 1.82) is 0 Å². The topological polar surface area (TPSA) is 93.4 Å². The van der Waals surface area contributed by atoms with Crippen LogP contribution in [-0.2, 0) is 4.74 Å². The molecule has 0 saturated carbocycles. The number of piperidine rings is 1. The molecule has 0 bridgehead atoms.